The van der Waals surface area contributed by atoms with E-state index in [4.69, 9.17) is 5.41 Å². The standard InChI is InChI=1S/C8H15N3O2/c9-8-4-2-1-3-7(10-8)5-6-11(12)13/h7H,1-6H2,(H2,9,10). The van der Waals surface area contributed by atoms with Crippen LogP contribution in [-0.2, 0) is 0 Å². The molecule has 0 radical (unpaired) electrons. The van der Waals surface area contributed by atoms with E-state index >= 15 is 0 Å². The first kappa shape index (κ1) is 9.95. The van der Waals surface area contributed by atoms with Crippen molar-refractivity contribution in [2.24, 2.45) is 0 Å². The molecule has 0 bridgehead atoms. The largest absolute Gasteiger partial charge is 0.371 e. The predicted octanol–water partition coefficient (Wildman–Crippen LogP) is 1.16. The van der Waals surface area contributed by atoms with Crippen LogP contribution in [0.15, 0.2) is 0 Å². The molecule has 1 saturated heterocycles. The van der Waals surface area contributed by atoms with E-state index in [2.05, 4.69) is 5.32 Å². The van der Waals surface area contributed by atoms with Crippen molar-refractivity contribution in [1.29, 1.82) is 5.41 Å². The Balaban J connectivity index is 2.30. The summed E-state index contributed by atoms with van der Waals surface area (Å²) in [4.78, 5) is 9.84. The van der Waals surface area contributed by atoms with Crippen molar-refractivity contribution < 1.29 is 4.92 Å². The molecule has 1 atom stereocenters. The van der Waals surface area contributed by atoms with Gasteiger partial charge < -0.3 is 5.32 Å². The highest BCUT2D eigenvalue weighted by molar-refractivity contribution is 5.79. The van der Waals surface area contributed by atoms with Gasteiger partial charge in [0, 0.05) is 23.8 Å². The fourth-order valence-corrected chi connectivity index (χ4v) is 1.56. The summed E-state index contributed by atoms with van der Waals surface area (Å²) in [5.74, 6) is 0.533. The molecule has 1 aliphatic heterocycles. The number of hydrogen-bond acceptors (Lipinski definition) is 3. The van der Waals surface area contributed by atoms with Crippen LogP contribution in [0.5, 0.6) is 0 Å². The number of nitrogens with one attached hydrogen (secondary N) is 2. The van der Waals surface area contributed by atoms with Crippen molar-refractivity contribution in [1.82, 2.24) is 5.32 Å². The van der Waals surface area contributed by atoms with Gasteiger partial charge in [0.05, 0.1) is 5.84 Å². The van der Waals surface area contributed by atoms with Gasteiger partial charge in [-0.3, -0.25) is 15.5 Å². The third kappa shape index (κ3) is 3.87. The first-order valence-corrected chi connectivity index (χ1v) is 4.64. The van der Waals surface area contributed by atoms with Crippen LogP contribution in [0.2, 0.25) is 0 Å². The second-order valence-corrected chi connectivity index (χ2v) is 3.41. The molecule has 0 saturated carbocycles. The molecule has 1 unspecified atom stereocenters. The maximum Gasteiger partial charge on any atom is 0.205 e. The number of rotatable bonds is 3. The first-order chi connectivity index (χ1) is 6.18. The van der Waals surface area contributed by atoms with Gasteiger partial charge in [-0.05, 0) is 12.8 Å². The van der Waals surface area contributed by atoms with Crippen LogP contribution in [0.25, 0.3) is 0 Å². The summed E-state index contributed by atoms with van der Waals surface area (Å²) in [6, 6.07) is 0.139. The lowest BCUT2D eigenvalue weighted by Gasteiger charge is -2.14. The van der Waals surface area contributed by atoms with E-state index in [9.17, 15) is 10.1 Å². The highest BCUT2D eigenvalue weighted by Crippen LogP contribution is 2.11. The van der Waals surface area contributed by atoms with E-state index in [0.717, 1.165) is 25.7 Å². The average molecular weight is 185 g/mol. The Morgan fingerprint density at radius 1 is 1.62 bits per heavy atom. The molecule has 2 N–H and O–H groups in total. The van der Waals surface area contributed by atoms with Crippen molar-refractivity contribution in [3.63, 3.8) is 0 Å². The predicted molar refractivity (Wildman–Crippen MR) is 49.6 cm³/mol. The van der Waals surface area contributed by atoms with Gasteiger partial charge >= 0.3 is 0 Å². The van der Waals surface area contributed by atoms with E-state index in [0.29, 0.717) is 12.3 Å². The van der Waals surface area contributed by atoms with Gasteiger partial charge in [0.1, 0.15) is 0 Å². The normalized spacial score (nSPS) is 23.4. The van der Waals surface area contributed by atoms with Gasteiger partial charge in [0.2, 0.25) is 6.54 Å². The van der Waals surface area contributed by atoms with Crippen molar-refractivity contribution in [2.45, 2.75) is 38.1 Å². The lowest BCUT2D eigenvalue weighted by Crippen LogP contribution is -2.33. The lowest BCUT2D eigenvalue weighted by atomic mass is 10.1. The summed E-state index contributed by atoms with van der Waals surface area (Å²) in [6.07, 6.45) is 4.37. The van der Waals surface area contributed by atoms with Crippen molar-refractivity contribution in [3.05, 3.63) is 10.1 Å². The molecule has 5 nitrogen and oxygen atoms in total. The van der Waals surface area contributed by atoms with Crippen LogP contribution in [0, 0.1) is 15.5 Å². The highest BCUT2D eigenvalue weighted by atomic mass is 16.6. The van der Waals surface area contributed by atoms with E-state index in [1.54, 1.807) is 0 Å². The van der Waals surface area contributed by atoms with Gasteiger partial charge in [-0.25, -0.2) is 0 Å². The van der Waals surface area contributed by atoms with E-state index < -0.39 is 0 Å². The Bertz CT molecular complexity index is 206. The van der Waals surface area contributed by atoms with Crippen molar-refractivity contribution in [3.8, 4) is 0 Å². The molecule has 0 spiro atoms. The number of nitro groups is 1. The molecule has 74 valence electrons. The van der Waals surface area contributed by atoms with E-state index in [1.165, 1.54) is 0 Å². The molecule has 0 amide bonds. The number of amidine groups is 1. The van der Waals surface area contributed by atoms with Crippen LogP contribution in [0.1, 0.15) is 32.1 Å². The van der Waals surface area contributed by atoms with Crippen LogP contribution < -0.4 is 5.32 Å². The topological polar surface area (TPSA) is 79.0 Å². The molecule has 1 aliphatic rings. The lowest BCUT2D eigenvalue weighted by molar-refractivity contribution is -0.480. The minimum Gasteiger partial charge on any atom is -0.371 e. The molecule has 0 aromatic heterocycles. The Labute approximate surface area is 77.2 Å². The zero-order valence-corrected chi connectivity index (χ0v) is 7.58. The number of nitrogens with zero attached hydrogens (tertiary/aromatic N) is 1. The zero-order chi connectivity index (χ0) is 9.68. The monoisotopic (exact) mass is 185 g/mol. The summed E-state index contributed by atoms with van der Waals surface area (Å²) >= 11 is 0. The van der Waals surface area contributed by atoms with Gasteiger partial charge in [-0.15, -0.1) is 0 Å². The summed E-state index contributed by atoms with van der Waals surface area (Å²) < 4.78 is 0. The molecular weight excluding hydrogens is 170 g/mol. The minimum absolute atomic E-state index is 0.00491. The molecule has 0 aromatic rings. The van der Waals surface area contributed by atoms with Crippen molar-refractivity contribution >= 4 is 5.84 Å². The van der Waals surface area contributed by atoms with Gasteiger partial charge in [0.25, 0.3) is 0 Å². The first-order valence-electron chi connectivity index (χ1n) is 4.64. The second kappa shape index (κ2) is 4.79. The van der Waals surface area contributed by atoms with Crippen LogP contribution in [-0.4, -0.2) is 23.3 Å². The molecular formula is C8H15N3O2. The Hall–Kier alpha value is -1.13. The van der Waals surface area contributed by atoms with Crippen molar-refractivity contribution in [2.75, 3.05) is 6.54 Å². The molecule has 0 aromatic carbocycles. The van der Waals surface area contributed by atoms with Crippen LogP contribution >= 0.6 is 0 Å². The number of hydrogen-bond donors (Lipinski definition) is 2. The molecule has 1 heterocycles. The Kier molecular flexibility index (Phi) is 3.67. The summed E-state index contributed by atoms with van der Waals surface area (Å²) in [5, 5.41) is 20.6. The quantitative estimate of drug-likeness (QED) is 0.511. The third-order valence-corrected chi connectivity index (χ3v) is 2.27. The third-order valence-electron chi connectivity index (χ3n) is 2.27. The Morgan fingerprint density at radius 3 is 3.08 bits per heavy atom. The second-order valence-electron chi connectivity index (χ2n) is 3.41. The smallest absolute Gasteiger partial charge is 0.205 e. The fourth-order valence-electron chi connectivity index (χ4n) is 1.56. The summed E-state index contributed by atoms with van der Waals surface area (Å²) in [7, 11) is 0. The SMILES string of the molecule is N=C1CCCCC(CC[N+](=O)[O-])N1. The van der Waals surface area contributed by atoms with Crippen LogP contribution in [0.4, 0.5) is 0 Å². The molecule has 5 heteroatoms. The summed E-state index contributed by atoms with van der Waals surface area (Å²) in [6.45, 7) is 0.00491. The molecule has 1 fully saturated rings. The molecule has 0 aliphatic carbocycles. The Morgan fingerprint density at radius 2 is 2.38 bits per heavy atom. The molecule has 13 heavy (non-hydrogen) atoms. The molecule has 1 rings (SSSR count). The highest BCUT2D eigenvalue weighted by Gasteiger charge is 2.15. The van der Waals surface area contributed by atoms with Crippen LogP contribution in [0.3, 0.4) is 0 Å². The zero-order valence-electron chi connectivity index (χ0n) is 7.58. The average Bonchev–Trinajstić information content (AvgIpc) is 2.26. The fraction of sp³-hybridized carbons (Fsp3) is 0.875. The maximum atomic E-state index is 10.1. The van der Waals surface area contributed by atoms with Gasteiger partial charge in [-0.1, -0.05) is 6.42 Å². The van der Waals surface area contributed by atoms with Gasteiger partial charge in [0.15, 0.2) is 0 Å². The van der Waals surface area contributed by atoms with E-state index in [-0.39, 0.29) is 17.5 Å². The van der Waals surface area contributed by atoms with E-state index in [1.807, 2.05) is 0 Å². The maximum absolute atomic E-state index is 10.1. The van der Waals surface area contributed by atoms with Gasteiger partial charge in [-0.2, -0.15) is 0 Å². The minimum atomic E-state index is -0.295. The summed E-state index contributed by atoms with van der Waals surface area (Å²) in [5.41, 5.74) is 0.